The number of nitrogens with two attached hydrogens (primary N) is 1. The first-order valence-electron chi connectivity index (χ1n) is 4.15. The maximum atomic E-state index is 10.8. The van der Waals surface area contributed by atoms with Gasteiger partial charge in [-0.15, -0.1) is 0 Å². The van der Waals surface area contributed by atoms with Crippen molar-refractivity contribution >= 4 is 23.4 Å². The van der Waals surface area contributed by atoms with Crippen LogP contribution in [0, 0.1) is 0 Å². The lowest BCUT2D eigenvalue weighted by Gasteiger charge is -2.10. The molecule has 1 aliphatic heterocycles. The van der Waals surface area contributed by atoms with E-state index in [0.29, 0.717) is 17.3 Å². The van der Waals surface area contributed by atoms with Gasteiger partial charge in [-0.25, -0.2) is 4.79 Å². The number of rotatable bonds is 1. The van der Waals surface area contributed by atoms with Gasteiger partial charge >= 0.3 is 6.09 Å². The third-order valence-electron chi connectivity index (χ3n) is 2.10. The highest BCUT2D eigenvalue weighted by atomic mass is 35.5. The Hall–Kier alpha value is -1.42. The van der Waals surface area contributed by atoms with Gasteiger partial charge in [-0.2, -0.15) is 0 Å². The van der Waals surface area contributed by atoms with E-state index in [0.717, 1.165) is 5.56 Å². The molecule has 1 saturated heterocycles. The summed E-state index contributed by atoms with van der Waals surface area (Å²) >= 11 is 5.82. The molecule has 0 aromatic heterocycles. The van der Waals surface area contributed by atoms with E-state index in [1.54, 1.807) is 18.2 Å². The number of nitrogen functional groups attached to an aromatic ring is 1. The van der Waals surface area contributed by atoms with Crippen molar-refractivity contribution in [3.8, 4) is 0 Å². The Morgan fingerprint density at radius 1 is 1.57 bits per heavy atom. The normalized spacial score (nSPS) is 20.4. The lowest BCUT2D eigenvalue weighted by molar-refractivity contribution is 0.177. The van der Waals surface area contributed by atoms with Crippen LogP contribution < -0.4 is 11.1 Å². The molecule has 0 unspecified atom stereocenters. The van der Waals surface area contributed by atoms with Crippen LogP contribution in [0.15, 0.2) is 18.2 Å². The molecule has 0 radical (unpaired) electrons. The number of hydrogen-bond acceptors (Lipinski definition) is 3. The first-order valence-corrected chi connectivity index (χ1v) is 4.53. The molecule has 4 nitrogen and oxygen atoms in total. The zero-order valence-corrected chi connectivity index (χ0v) is 8.04. The molecule has 5 heteroatoms. The third-order valence-corrected chi connectivity index (χ3v) is 2.33. The van der Waals surface area contributed by atoms with Crippen LogP contribution in [0.3, 0.4) is 0 Å². The first kappa shape index (κ1) is 9.15. The van der Waals surface area contributed by atoms with Crippen LogP contribution >= 0.6 is 11.6 Å². The van der Waals surface area contributed by atoms with E-state index < -0.39 is 6.09 Å². The minimum Gasteiger partial charge on any atom is -0.447 e. The van der Waals surface area contributed by atoms with Crippen LogP contribution in [0.4, 0.5) is 10.5 Å². The fraction of sp³-hybridized carbons (Fsp3) is 0.222. The molecule has 3 N–H and O–H groups in total. The number of carbonyl (C=O) groups excluding carboxylic acids is 1. The van der Waals surface area contributed by atoms with Gasteiger partial charge in [0.15, 0.2) is 0 Å². The van der Waals surface area contributed by atoms with Gasteiger partial charge in [0, 0.05) is 16.3 Å². The summed E-state index contributed by atoms with van der Waals surface area (Å²) in [7, 11) is 0. The molecule has 0 bridgehead atoms. The Morgan fingerprint density at radius 2 is 2.36 bits per heavy atom. The molecule has 1 aromatic carbocycles. The van der Waals surface area contributed by atoms with E-state index in [2.05, 4.69) is 5.32 Å². The summed E-state index contributed by atoms with van der Waals surface area (Å²) in [6.45, 7) is 0.295. The van der Waals surface area contributed by atoms with Crippen LogP contribution in [0.5, 0.6) is 0 Å². The highest BCUT2D eigenvalue weighted by Crippen LogP contribution is 2.26. The second kappa shape index (κ2) is 3.38. The second-order valence-corrected chi connectivity index (χ2v) is 3.51. The zero-order valence-electron chi connectivity index (χ0n) is 7.29. The summed E-state index contributed by atoms with van der Waals surface area (Å²) in [5, 5.41) is 3.23. The molecule has 0 saturated carbocycles. The fourth-order valence-corrected chi connectivity index (χ4v) is 1.58. The number of carbonyl (C=O) groups is 1. The fourth-order valence-electron chi connectivity index (χ4n) is 1.40. The number of halogens is 1. The molecular formula is C9H9ClN2O2. The van der Waals surface area contributed by atoms with Gasteiger partial charge < -0.3 is 15.8 Å². The Balaban J connectivity index is 2.31. The second-order valence-electron chi connectivity index (χ2n) is 3.07. The molecule has 1 heterocycles. The van der Waals surface area contributed by atoms with Crippen LogP contribution in [0.2, 0.25) is 5.02 Å². The van der Waals surface area contributed by atoms with Gasteiger partial charge in [-0.3, -0.25) is 0 Å². The number of hydrogen-bond donors (Lipinski definition) is 2. The van der Waals surface area contributed by atoms with Gasteiger partial charge in [0.05, 0.1) is 6.04 Å². The molecule has 1 amide bonds. The molecular weight excluding hydrogens is 204 g/mol. The quantitative estimate of drug-likeness (QED) is 0.697. The zero-order chi connectivity index (χ0) is 10.1. The topological polar surface area (TPSA) is 64.3 Å². The van der Waals surface area contributed by atoms with Crippen molar-refractivity contribution in [2.24, 2.45) is 0 Å². The van der Waals surface area contributed by atoms with Crippen molar-refractivity contribution in [1.29, 1.82) is 0 Å². The maximum absolute atomic E-state index is 10.8. The molecule has 2 rings (SSSR count). The Kier molecular flexibility index (Phi) is 2.21. The lowest BCUT2D eigenvalue weighted by atomic mass is 10.1. The van der Waals surface area contributed by atoms with Crippen LogP contribution in [-0.2, 0) is 4.74 Å². The number of anilines is 1. The van der Waals surface area contributed by atoms with E-state index in [4.69, 9.17) is 22.1 Å². The van der Waals surface area contributed by atoms with Crippen molar-refractivity contribution in [3.63, 3.8) is 0 Å². The summed E-state index contributed by atoms with van der Waals surface area (Å²) in [4.78, 5) is 10.8. The summed E-state index contributed by atoms with van der Waals surface area (Å²) in [6, 6.07) is 4.96. The van der Waals surface area contributed by atoms with Crippen LogP contribution in [0.25, 0.3) is 0 Å². The average molecular weight is 213 g/mol. The summed E-state index contributed by atoms with van der Waals surface area (Å²) in [5.74, 6) is 0. The van der Waals surface area contributed by atoms with Crippen molar-refractivity contribution in [1.82, 2.24) is 5.32 Å². The van der Waals surface area contributed by atoms with E-state index in [9.17, 15) is 4.79 Å². The minimum absolute atomic E-state index is 0.193. The lowest BCUT2D eigenvalue weighted by Crippen LogP contribution is -2.19. The maximum Gasteiger partial charge on any atom is 0.407 e. The molecule has 0 spiro atoms. The van der Waals surface area contributed by atoms with Gasteiger partial charge in [-0.1, -0.05) is 11.6 Å². The van der Waals surface area contributed by atoms with Crippen LogP contribution in [-0.4, -0.2) is 12.7 Å². The SMILES string of the molecule is Nc1ccc(Cl)cc1[C@H]1COC(=O)N1. The predicted octanol–water partition coefficient (Wildman–Crippen LogP) is 1.70. The third kappa shape index (κ3) is 1.61. The summed E-state index contributed by atoms with van der Waals surface area (Å²) in [6.07, 6.45) is -0.422. The van der Waals surface area contributed by atoms with E-state index in [1.165, 1.54) is 0 Å². The molecule has 1 fully saturated rings. The number of alkyl carbamates (subject to hydrolysis) is 1. The van der Waals surface area contributed by atoms with Gasteiger partial charge in [-0.05, 0) is 18.2 Å². The van der Waals surface area contributed by atoms with Crippen LogP contribution in [0.1, 0.15) is 11.6 Å². The highest BCUT2D eigenvalue weighted by Gasteiger charge is 2.25. The van der Waals surface area contributed by atoms with Crippen molar-refractivity contribution in [2.75, 3.05) is 12.3 Å². The number of ether oxygens (including phenoxy) is 1. The van der Waals surface area contributed by atoms with E-state index in [-0.39, 0.29) is 6.04 Å². The molecule has 74 valence electrons. The Bertz CT molecular complexity index is 381. The molecule has 1 aromatic rings. The molecule has 1 atom stereocenters. The van der Waals surface area contributed by atoms with Crippen molar-refractivity contribution < 1.29 is 9.53 Å². The highest BCUT2D eigenvalue weighted by molar-refractivity contribution is 6.30. The molecule has 0 aliphatic carbocycles. The first-order chi connectivity index (χ1) is 6.66. The molecule has 1 aliphatic rings. The Labute approximate surface area is 86.0 Å². The smallest absolute Gasteiger partial charge is 0.407 e. The van der Waals surface area contributed by atoms with E-state index in [1.807, 2.05) is 0 Å². The molecule has 14 heavy (non-hydrogen) atoms. The largest absolute Gasteiger partial charge is 0.447 e. The van der Waals surface area contributed by atoms with Gasteiger partial charge in [0.1, 0.15) is 6.61 Å². The van der Waals surface area contributed by atoms with Crippen molar-refractivity contribution in [3.05, 3.63) is 28.8 Å². The minimum atomic E-state index is -0.422. The van der Waals surface area contributed by atoms with Gasteiger partial charge in [0.2, 0.25) is 0 Å². The summed E-state index contributed by atoms with van der Waals surface area (Å²) < 4.78 is 4.77. The average Bonchev–Trinajstić information content (AvgIpc) is 2.56. The number of nitrogens with one attached hydrogen (secondary N) is 1. The monoisotopic (exact) mass is 212 g/mol. The summed E-state index contributed by atoms with van der Waals surface area (Å²) in [5.41, 5.74) is 7.15. The van der Waals surface area contributed by atoms with Crippen molar-refractivity contribution in [2.45, 2.75) is 6.04 Å². The standard InChI is InChI=1S/C9H9ClN2O2/c10-5-1-2-7(11)6(3-5)8-4-14-9(13)12-8/h1-3,8H,4,11H2,(H,12,13)/t8-/m1/s1. The predicted molar refractivity (Wildman–Crippen MR) is 53.1 cm³/mol. The number of benzene rings is 1. The van der Waals surface area contributed by atoms with Gasteiger partial charge in [0.25, 0.3) is 0 Å². The van der Waals surface area contributed by atoms with E-state index >= 15 is 0 Å². The number of amides is 1. The Morgan fingerprint density at radius 3 is 3.00 bits per heavy atom. The number of cyclic esters (lactones) is 1.